The van der Waals surface area contributed by atoms with Crippen LogP contribution in [-0.2, 0) is 19.3 Å². The Hall–Kier alpha value is -1.67. The predicted molar refractivity (Wildman–Crippen MR) is 122 cm³/mol. The van der Waals surface area contributed by atoms with Gasteiger partial charge in [-0.3, -0.25) is 4.99 Å². The van der Waals surface area contributed by atoms with E-state index in [0.717, 1.165) is 43.4 Å². The quantitative estimate of drug-likeness (QED) is 0.375. The average Bonchev–Trinajstić information content (AvgIpc) is 3.52. The number of aliphatic imine (C=N–C) groups is 1. The number of fused-ring (bicyclic) bond motifs is 1. The van der Waals surface area contributed by atoms with E-state index in [9.17, 15) is 0 Å². The summed E-state index contributed by atoms with van der Waals surface area (Å²) in [6.45, 7) is 12.8. The van der Waals surface area contributed by atoms with Crippen molar-refractivity contribution in [3.05, 3.63) is 59.3 Å². The number of hydrogen-bond donors (Lipinski definition) is 1. The van der Waals surface area contributed by atoms with Gasteiger partial charge in [0.1, 0.15) is 0 Å². The van der Waals surface area contributed by atoms with Gasteiger partial charge < -0.3 is 5.73 Å². The average molecular weight is 379 g/mol. The lowest BCUT2D eigenvalue weighted by Crippen LogP contribution is -2.40. The maximum Gasteiger partial charge on any atom is 0.0378 e. The zero-order valence-electron chi connectivity index (χ0n) is 18.0. The molecule has 2 heteroatoms. The molecule has 0 aromatic heterocycles. The standard InChI is InChI=1S/C26H38N2/c1-5-25(28-20(3)22-15-16-22)12-8-9-19(2)26(4,27)18-21-13-14-23-10-6-7-11-24(23)17-21/h13-14,17,22H,2-3,5-12,15-16,18,27H2,1,4H3. The van der Waals surface area contributed by atoms with Gasteiger partial charge >= 0.3 is 0 Å². The Morgan fingerprint density at radius 3 is 2.54 bits per heavy atom. The van der Waals surface area contributed by atoms with E-state index >= 15 is 0 Å². The molecule has 3 rings (SSSR count). The van der Waals surface area contributed by atoms with E-state index in [1.807, 2.05) is 0 Å². The predicted octanol–water partition coefficient (Wildman–Crippen LogP) is 6.33. The van der Waals surface area contributed by atoms with Crippen LogP contribution in [0.2, 0.25) is 0 Å². The molecule has 1 unspecified atom stereocenters. The number of benzene rings is 1. The van der Waals surface area contributed by atoms with Gasteiger partial charge in [0.25, 0.3) is 0 Å². The summed E-state index contributed by atoms with van der Waals surface area (Å²) in [6.07, 6.45) is 12.6. The summed E-state index contributed by atoms with van der Waals surface area (Å²) in [6, 6.07) is 6.98. The van der Waals surface area contributed by atoms with Crippen LogP contribution >= 0.6 is 0 Å². The molecular formula is C26H38N2. The Morgan fingerprint density at radius 1 is 1.14 bits per heavy atom. The van der Waals surface area contributed by atoms with Gasteiger partial charge in [-0.1, -0.05) is 43.9 Å². The summed E-state index contributed by atoms with van der Waals surface area (Å²) >= 11 is 0. The van der Waals surface area contributed by atoms with Crippen molar-refractivity contribution >= 4 is 5.71 Å². The molecule has 2 nitrogen and oxygen atoms in total. The maximum atomic E-state index is 6.70. The van der Waals surface area contributed by atoms with Crippen LogP contribution in [0.25, 0.3) is 0 Å². The molecule has 2 aliphatic carbocycles. The molecule has 1 atom stereocenters. The SMILES string of the molecule is C=C(N=C(CC)CCCC(=C)C(C)(N)Cc1ccc2c(c1)CCCC2)C1CC1. The van der Waals surface area contributed by atoms with Crippen LogP contribution in [0.5, 0.6) is 0 Å². The van der Waals surface area contributed by atoms with Crippen molar-refractivity contribution in [2.24, 2.45) is 16.6 Å². The fraction of sp³-hybridized carbons (Fsp3) is 0.577. The van der Waals surface area contributed by atoms with Crippen molar-refractivity contribution in [2.45, 2.75) is 90.0 Å². The highest BCUT2D eigenvalue weighted by Crippen LogP contribution is 2.36. The molecule has 0 saturated heterocycles. The highest BCUT2D eigenvalue weighted by Gasteiger charge is 2.25. The van der Waals surface area contributed by atoms with Gasteiger partial charge in [-0.05, 0) is 94.2 Å². The fourth-order valence-electron chi connectivity index (χ4n) is 4.26. The molecule has 152 valence electrons. The first kappa shape index (κ1) is 21.0. The molecule has 1 saturated carbocycles. The van der Waals surface area contributed by atoms with Gasteiger partial charge in [0.05, 0.1) is 0 Å². The molecule has 28 heavy (non-hydrogen) atoms. The van der Waals surface area contributed by atoms with E-state index in [0.29, 0.717) is 5.92 Å². The normalized spacial score (nSPS) is 19.0. The third kappa shape index (κ3) is 5.67. The molecule has 0 heterocycles. The molecule has 0 aliphatic heterocycles. The van der Waals surface area contributed by atoms with Gasteiger partial charge in [0.2, 0.25) is 0 Å². The van der Waals surface area contributed by atoms with Crippen LogP contribution in [0.3, 0.4) is 0 Å². The largest absolute Gasteiger partial charge is 0.322 e. The third-order valence-electron chi connectivity index (χ3n) is 6.49. The fourth-order valence-corrected chi connectivity index (χ4v) is 4.26. The van der Waals surface area contributed by atoms with E-state index in [-0.39, 0.29) is 5.54 Å². The van der Waals surface area contributed by atoms with Crippen molar-refractivity contribution in [3.63, 3.8) is 0 Å². The molecule has 0 spiro atoms. The van der Waals surface area contributed by atoms with Crippen LogP contribution < -0.4 is 5.73 Å². The maximum absolute atomic E-state index is 6.70. The Bertz CT molecular complexity index is 750. The Morgan fingerprint density at radius 2 is 1.86 bits per heavy atom. The third-order valence-corrected chi connectivity index (χ3v) is 6.49. The summed E-state index contributed by atoms with van der Waals surface area (Å²) in [5.41, 5.74) is 14.3. The van der Waals surface area contributed by atoms with Crippen LogP contribution in [0, 0.1) is 5.92 Å². The summed E-state index contributed by atoms with van der Waals surface area (Å²) in [5.74, 6) is 0.653. The van der Waals surface area contributed by atoms with Crippen molar-refractivity contribution in [1.29, 1.82) is 0 Å². The molecule has 0 bridgehead atoms. The number of nitrogens with two attached hydrogens (primary N) is 1. The van der Waals surface area contributed by atoms with E-state index < -0.39 is 0 Å². The summed E-state index contributed by atoms with van der Waals surface area (Å²) in [4.78, 5) is 4.79. The first-order valence-electron chi connectivity index (χ1n) is 11.2. The van der Waals surface area contributed by atoms with E-state index in [1.54, 1.807) is 0 Å². The van der Waals surface area contributed by atoms with Crippen molar-refractivity contribution in [2.75, 3.05) is 0 Å². The number of nitrogens with zero attached hydrogens (tertiary/aromatic N) is 1. The lowest BCUT2D eigenvalue weighted by molar-refractivity contribution is 0.521. The van der Waals surface area contributed by atoms with Crippen LogP contribution in [0.15, 0.2) is 47.6 Å². The summed E-state index contributed by atoms with van der Waals surface area (Å²) in [7, 11) is 0. The number of rotatable bonds is 10. The lowest BCUT2D eigenvalue weighted by atomic mass is 9.82. The minimum atomic E-state index is -0.357. The number of hydrogen-bond acceptors (Lipinski definition) is 2. The van der Waals surface area contributed by atoms with E-state index in [2.05, 4.69) is 45.2 Å². The van der Waals surface area contributed by atoms with Gasteiger partial charge in [0.15, 0.2) is 0 Å². The topological polar surface area (TPSA) is 38.4 Å². The molecule has 2 aliphatic rings. The van der Waals surface area contributed by atoms with Gasteiger partial charge in [-0.25, -0.2) is 0 Å². The Balaban J connectivity index is 1.51. The van der Waals surface area contributed by atoms with Crippen molar-refractivity contribution in [3.8, 4) is 0 Å². The second-order valence-corrected chi connectivity index (χ2v) is 9.16. The molecule has 0 amide bonds. The van der Waals surface area contributed by atoms with Crippen LogP contribution in [-0.4, -0.2) is 11.3 Å². The Labute approximate surface area is 172 Å². The molecular weight excluding hydrogens is 340 g/mol. The van der Waals surface area contributed by atoms with Crippen LogP contribution in [0.4, 0.5) is 0 Å². The second-order valence-electron chi connectivity index (χ2n) is 9.16. The first-order valence-corrected chi connectivity index (χ1v) is 11.2. The Kier molecular flexibility index (Phi) is 6.93. The van der Waals surface area contributed by atoms with Crippen LogP contribution in [0.1, 0.15) is 81.9 Å². The van der Waals surface area contributed by atoms with E-state index in [1.165, 1.54) is 60.9 Å². The highest BCUT2D eigenvalue weighted by molar-refractivity contribution is 5.85. The van der Waals surface area contributed by atoms with Gasteiger partial charge in [-0.2, -0.15) is 0 Å². The number of allylic oxidation sites excluding steroid dienone is 1. The molecule has 0 radical (unpaired) electrons. The van der Waals surface area contributed by atoms with Gasteiger partial charge in [-0.15, -0.1) is 0 Å². The second kappa shape index (κ2) is 9.22. The summed E-state index contributed by atoms with van der Waals surface area (Å²) in [5, 5.41) is 0. The minimum absolute atomic E-state index is 0.357. The van der Waals surface area contributed by atoms with E-state index in [4.69, 9.17) is 10.7 Å². The van der Waals surface area contributed by atoms with Crippen molar-refractivity contribution in [1.82, 2.24) is 0 Å². The zero-order chi connectivity index (χ0) is 20.1. The molecule has 1 fully saturated rings. The molecule has 2 N–H and O–H groups in total. The number of aryl methyl sites for hydroxylation is 2. The molecule has 1 aromatic rings. The van der Waals surface area contributed by atoms with Gasteiger partial charge in [0, 0.05) is 22.9 Å². The zero-order valence-corrected chi connectivity index (χ0v) is 18.0. The summed E-state index contributed by atoms with van der Waals surface area (Å²) < 4.78 is 0. The first-order chi connectivity index (χ1) is 13.4. The van der Waals surface area contributed by atoms with Crippen molar-refractivity contribution < 1.29 is 0 Å². The minimum Gasteiger partial charge on any atom is -0.322 e. The smallest absolute Gasteiger partial charge is 0.0378 e. The monoisotopic (exact) mass is 378 g/mol. The lowest BCUT2D eigenvalue weighted by Gasteiger charge is -2.28. The highest BCUT2D eigenvalue weighted by atomic mass is 14.8. The molecule has 1 aromatic carbocycles.